The zero-order chi connectivity index (χ0) is 14.0. The van der Waals surface area contributed by atoms with Crippen molar-refractivity contribution in [1.29, 1.82) is 0 Å². The number of benzene rings is 1. The fourth-order valence-corrected chi connectivity index (χ4v) is 3.56. The predicted octanol–water partition coefficient (Wildman–Crippen LogP) is 1.55. The fourth-order valence-electron chi connectivity index (χ4n) is 1.77. The molecule has 1 unspecified atom stereocenters. The lowest BCUT2D eigenvalue weighted by Crippen LogP contribution is -2.29. The Bertz CT molecular complexity index is 639. The first-order chi connectivity index (χ1) is 8.87. The van der Waals surface area contributed by atoms with Crippen LogP contribution in [0.3, 0.4) is 0 Å². The Morgan fingerprint density at radius 1 is 1.47 bits per heavy atom. The van der Waals surface area contributed by atoms with E-state index in [1.807, 2.05) is 0 Å². The van der Waals surface area contributed by atoms with E-state index in [1.54, 1.807) is 12.1 Å². The number of hydrogen-bond acceptors (Lipinski definition) is 4. The highest BCUT2D eigenvalue weighted by molar-refractivity contribution is 9.10. The molecule has 0 spiro atoms. The van der Waals surface area contributed by atoms with Gasteiger partial charge in [0.05, 0.1) is 11.3 Å². The molecular weight excluding hydrogens is 334 g/mol. The third kappa shape index (κ3) is 3.65. The average molecular weight is 346 g/mol. The van der Waals surface area contributed by atoms with Crippen LogP contribution in [0.4, 0.5) is 0 Å². The second-order valence-corrected chi connectivity index (χ2v) is 7.04. The molecule has 5 nitrogen and oxygen atoms in total. The van der Waals surface area contributed by atoms with E-state index in [0.717, 1.165) is 5.56 Å². The van der Waals surface area contributed by atoms with Gasteiger partial charge in [0.25, 0.3) is 0 Å². The summed E-state index contributed by atoms with van der Waals surface area (Å²) < 4.78 is 23.2. The van der Waals surface area contributed by atoms with Crippen molar-refractivity contribution in [2.75, 3.05) is 5.75 Å². The van der Waals surface area contributed by atoms with Crippen LogP contribution in [0.1, 0.15) is 15.9 Å². The minimum absolute atomic E-state index is 0.0673. The van der Waals surface area contributed by atoms with Gasteiger partial charge in [-0.3, -0.25) is 0 Å². The first-order valence-corrected chi connectivity index (χ1v) is 8.04. The molecule has 2 rings (SSSR count). The number of sulfone groups is 1. The zero-order valence-corrected chi connectivity index (χ0v) is 12.2. The smallest absolute Gasteiger partial charge is 0.335 e. The molecule has 0 fully saturated rings. The van der Waals surface area contributed by atoms with Crippen molar-refractivity contribution in [3.05, 3.63) is 45.3 Å². The largest absolute Gasteiger partial charge is 0.478 e. The number of nitrogens with one attached hydrogen (secondary N) is 1. The van der Waals surface area contributed by atoms with E-state index in [1.165, 1.54) is 17.5 Å². The molecule has 0 saturated heterocycles. The third-order valence-corrected chi connectivity index (χ3v) is 4.92. The molecule has 19 heavy (non-hydrogen) atoms. The van der Waals surface area contributed by atoms with Gasteiger partial charge < -0.3 is 10.4 Å². The summed E-state index contributed by atoms with van der Waals surface area (Å²) in [6.45, 7) is 0.463. The van der Waals surface area contributed by atoms with Crippen LogP contribution in [-0.2, 0) is 16.4 Å². The molecule has 0 amide bonds. The third-order valence-electron chi connectivity index (χ3n) is 2.78. The monoisotopic (exact) mass is 345 g/mol. The second kappa shape index (κ2) is 5.44. The summed E-state index contributed by atoms with van der Waals surface area (Å²) in [5.74, 6) is -0.914. The summed E-state index contributed by atoms with van der Waals surface area (Å²) in [6.07, 6.45) is 1.62. The van der Waals surface area contributed by atoms with Crippen molar-refractivity contribution in [2.24, 2.45) is 0 Å². The van der Waals surface area contributed by atoms with Gasteiger partial charge in [-0.05, 0) is 17.7 Å². The molecule has 0 radical (unpaired) electrons. The molecule has 1 aromatic carbocycles. The molecule has 0 saturated carbocycles. The van der Waals surface area contributed by atoms with Gasteiger partial charge in [0.1, 0.15) is 0 Å². The molecule has 7 heteroatoms. The quantitative estimate of drug-likeness (QED) is 0.864. The van der Waals surface area contributed by atoms with Crippen LogP contribution in [0.2, 0.25) is 0 Å². The Kier molecular flexibility index (Phi) is 4.07. The van der Waals surface area contributed by atoms with Gasteiger partial charge in [-0.2, -0.15) is 0 Å². The number of carbonyl (C=O) groups is 1. The summed E-state index contributed by atoms with van der Waals surface area (Å²) in [7, 11) is -3.06. The van der Waals surface area contributed by atoms with E-state index in [4.69, 9.17) is 5.11 Å². The maximum atomic E-state index is 11.2. The number of rotatable bonds is 4. The number of carboxylic acid groups (broad SMARTS) is 1. The number of halogens is 1. The minimum atomic E-state index is -3.06. The van der Waals surface area contributed by atoms with E-state index in [-0.39, 0.29) is 17.4 Å². The summed E-state index contributed by atoms with van der Waals surface area (Å²) in [4.78, 5) is 10.8. The molecule has 102 valence electrons. The summed E-state index contributed by atoms with van der Waals surface area (Å²) >= 11 is 3.31. The standard InChI is InChI=1S/C12H12BrNO4S/c13-11-5-8(12(15)16)1-2-9(11)6-14-10-3-4-19(17,18)7-10/h1-5,10,14H,6-7H2,(H,15,16). The normalized spacial score (nSPS) is 20.6. The molecular formula is C12H12BrNO4S. The Morgan fingerprint density at radius 2 is 2.21 bits per heavy atom. The van der Waals surface area contributed by atoms with Crippen LogP contribution in [-0.4, -0.2) is 31.3 Å². The molecule has 1 aliphatic heterocycles. The van der Waals surface area contributed by atoms with Crippen molar-refractivity contribution in [3.8, 4) is 0 Å². The second-order valence-electron chi connectivity index (χ2n) is 4.26. The highest BCUT2D eigenvalue weighted by Crippen LogP contribution is 2.19. The van der Waals surface area contributed by atoms with Gasteiger partial charge in [-0.25, -0.2) is 13.2 Å². The van der Waals surface area contributed by atoms with E-state index >= 15 is 0 Å². The van der Waals surface area contributed by atoms with E-state index < -0.39 is 15.8 Å². The van der Waals surface area contributed by atoms with Gasteiger partial charge in [0, 0.05) is 22.5 Å². The van der Waals surface area contributed by atoms with Crippen LogP contribution in [0, 0.1) is 0 Å². The lowest BCUT2D eigenvalue weighted by Gasteiger charge is -2.11. The number of aromatic carboxylic acids is 1. The lowest BCUT2D eigenvalue weighted by atomic mass is 10.1. The van der Waals surface area contributed by atoms with E-state index in [0.29, 0.717) is 11.0 Å². The molecule has 0 aromatic heterocycles. The van der Waals surface area contributed by atoms with Crippen LogP contribution in [0.15, 0.2) is 34.2 Å². The van der Waals surface area contributed by atoms with Crippen molar-refractivity contribution in [1.82, 2.24) is 5.32 Å². The predicted molar refractivity (Wildman–Crippen MR) is 74.7 cm³/mol. The van der Waals surface area contributed by atoms with Crippen LogP contribution in [0.5, 0.6) is 0 Å². The van der Waals surface area contributed by atoms with Gasteiger partial charge in [-0.15, -0.1) is 0 Å². The SMILES string of the molecule is O=C(O)c1ccc(CNC2C=CS(=O)(=O)C2)c(Br)c1. The fraction of sp³-hybridized carbons (Fsp3) is 0.250. The summed E-state index contributed by atoms with van der Waals surface area (Å²) in [5.41, 5.74) is 1.08. The molecule has 1 atom stereocenters. The Balaban J connectivity index is 2.01. The van der Waals surface area contributed by atoms with Gasteiger partial charge in [0.2, 0.25) is 0 Å². The maximum Gasteiger partial charge on any atom is 0.335 e. The van der Waals surface area contributed by atoms with Gasteiger partial charge in [-0.1, -0.05) is 28.1 Å². The molecule has 1 aromatic rings. The first-order valence-electron chi connectivity index (χ1n) is 5.53. The Morgan fingerprint density at radius 3 is 2.74 bits per heavy atom. The van der Waals surface area contributed by atoms with Crippen molar-refractivity contribution < 1.29 is 18.3 Å². The zero-order valence-electron chi connectivity index (χ0n) is 9.84. The Labute approximate surface area is 119 Å². The number of carboxylic acids is 1. The van der Waals surface area contributed by atoms with Crippen molar-refractivity contribution in [3.63, 3.8) is 0 Å². The molecule has 1 aliphatic rings. The summed E-state index contributed by atoms with van der Waals surface area (Å²) in [6, 6.07) is 4.55. The molecule has 0 aliphatic carbocycles. The van der Waals surface area contributed by atoms with Crippen molar-refractivity contribution >= 4 is 31.7 Å². The van der Waals surface area contributed by atoms with E-state index in [2.05, 4.69) is 21.2 Å². The van der Waals surface area contributed by atoms with Crippen LogP contribution in [0.25, 0.3) is 0 Å². The molecule has 2 N–H and O–H groups in total. The summed E-state index contributed by atoms with van der Waals surface area (Å²) in [5, 5.41) is 13.2. The van der Waals surface area contributed by atoms with Crippen LogP contribution >= 0.6 is 15.9 Å². The maximum absolute atomic E-state index is 11.2. The Hall–Kier alpha value is -1.18. The van der Waals surface area contributed by atoms with Crippen molar-refractivity contribution in [2.45, 2.75) is 12.6 Å². The van der Waals surface area contributed by atoms with Gasteiger partial charge >= 0.3 is 5.97 Å². The van der Waals surface area contributed by atoms with Crippen LogP contribution < -0.4 is 5.32 Å². The first kappa shape index (κ1) is 14.2. The lowest BCUT2D eigenvalue weighted by molar-refractivity contribution is 0.0697. The van der Waals surface area contributed by atoms with Gasteiger partial charge in [0.15, 0.2) is 9.84 Å². The molecule has 1 heterocycles. The number of hydrogen-bond donors (Lipinski definition) is 2. The topological polar surface area (TPSA) is 83.5 Å². The minimum Gasteiger partial charge on any atom is -0.478 e. The van der Waals surface area contributed by atoms with E-state index in [9.17, 15) is 13.2 Å². The highest BCUT2D eigenvalue weighted by Gasteiger charge is 2.21. The molecule has 0 bridgehead atoms. The highest BCUT2D eigenvalue weighted by atomic mass is 79.9. The average Bonchev–Trinajstić information content (AvgIpc) is 2.67.